The molecule has 2 heterocycles. The molecule has 7 nitrogen and oxygen atoms in total. The van der Waals surface area contributed by atoms with E-state index in [1.165, 1.54) is 14.0 Å². The molecule has 0 aliphatic carbocycles. The summed E-state index contributed by atoms with van der Waals surface area (Å²) in [5.41, 5.74) is -0.707. The number of benzene rings is 1. The van der Waals surface area contributed by atoms with Crippen molar-refractivity contribution in [2.24, 2.45) is 7.05 Å². The first kappa shape index (κ1) is 25.9. The van der Waals surface area contributed by atoms with Crippen LogP contribution in [0, 0.1) is 11.6 Å². The van der Waals surface area contributed by atoms with E-state index in [2.05, 4.69) is 15.0 Å². The highest BCUT2D eigenvalue weighted by Gasteiger charge is 2.41. The number of hydrogen-bond acceptors (Lipinski definition) is 5. The monoisotopic (exact) mass is 497 g/mol. The maximum atomic E-state index is 14.7. The van der Waals surface area contributed by atoms with Gasteiger partial charge in [0.05, 0.1) is 18.8 Å². The molecular formula is C21H25F6N3O4. The van der Waals surface area contributed by atoms with Gasteiger partial charge in [-0.2, -0.15) is 4.98 Å². The molecule has 0 radical (unpaired) electrons. The lowest BCUT2D eigenvalue weighted by atomic mass is 9.98. The van der Waals surface area contributed by atoms with Crippen molar-refractivity contribution in [1.82, 2.24) is 14.9 Å². The number of hydrogen-bond donors (Lipinski definition) is 1. The SMILES string of the molecule is CC(=O)N[C@H](C)C(F)(F)C[C@@H]1CC[C@@H](Oc2nc3c(F)cc(OCC(F)F)c(F)c3n2C)CO1. The number of fused-ring (bicyclic) bond motifs is 1. The topological polar surface area (TPSA) is 74.6 Å². The van der Waals surface area contributed by atoms with Crippen LogP contribution in [0.2, 0.25) is 0 Å². The Bertz CT molecular complexity index is 1020. The minimum Gasteiger partial charge on any atom is -0.484 e. The number of ether oxygens (including phenoxy) is 3. The molecule has 1 aromatic heterocycles. The van der Waals surface area contributed by atoms with Gasteiger partial charge in [0.25, 0.3) is 18.4 Å². The lowest BCUT2D eigenvalue weighted by Gasteiger charge is -2.33. The fraction of sp³-hybridized carbons (Fsp3) is 0.619. The Morgan fingerprint density at radius 1 is 1.35 bits per heavy atom. The molecule has 1 aliphatic heterocycles. The second-order valence-electron chi connectivity index (χ2n) is 8.18. The summed E-state index contributed by atoms with van der Waals surface area (Å²) in [6.45, 7) is 1.20. The van der Waals surface area contributed by atoms with E-state index in [4.69, 9.17) is 9.47 Å². The van der Waals surface area contributed by atoms with Crippen LogP contribution in [0.25, 0.3) is 11.0 Å². The zero-order chi connectivity index (χ0) is 25.2. The van der Waals surface area contributed by atoms with Crippen LogP contribution in [0.5, 0.6) is 11.8 Å². The molecule has 1 amide bonds. The Kier molecular flexibility index (Phi) is 7.84. The fourth-order valence-corrected chi connectivity index (χ4v) is 3.70. The molecule has 190 valence electrons. The van der Waals surface area contributed by atoms with Crippen molar-refractivity contribution in [1.29, 1.82) is 0 Å². The third kappa shape index (κ3) is 5.86. The molecule has 0 bridgehead atoms. The van der Waals surface area contributed by atoms with Gasteiger partial charge >= 0.3 is 0 Å². The van der Waals surface area contributed by atoms with Crippen molar-refractivity contribution in [3.8, 4) is 11.8 Å². The van der Waals surface area contributed by atoms with Crippen LogP contribution in [0.3, 0.4) is 0 Å². The number of amides is 1. The molecule has 3 rings (SSSR count). The van der Waals surface area contributed by atoms with Gasteiger partial charge in [-0.15, -0.1) is 0 Å². The Morgan fingerprint density at radius 3 is 2.65 bits per heavy atom. The van der Waals surface area contributed by atoms with Crippen LogP contribution in [-0.2, 0) is 16.6 Å². The summed E-state index contributed by atoms with van der Waals surface area (Å²) in [7, 11) is 1.35. The number of aromatic nitrogens is 2. The molecule has 13 heteroatoms. The molecule has 1 fully saturated rings. The van der Waals surface area contributed by atoms with Crippen LogP contribution < -0.4 is 14.8 Å². The third-order valence-corrected chi connectivity index (χ3v) is 5.48. The van der Waals surface area contributed by atoms with E-state index in [1.807, 2.05) is 0 Å². The number of carbonyl (C=O) groups is 1. The number of halogens is 6. The first-order valence-corrected chi connectivity index (χ1v) is 10.6. The second kappa shape index (κ2) is 10.3. The molecule has 1 N–H and O–H groups in total. The van der Waals surface area contributed by atoms with Crippen molar-refractivity contribution in [2.45, 2.75) is 63.7 Å². The van der Waals surface area contributed by atoms with E-state index >= 15 is 0 Å². The Labute approximate surface area is 191 Å². The predicted molar refractivity (Wildman–Crippen MR) is 108 cm³/mol. The van der Waals surface area contributed by atoms with E-state index in [0.29, 0.717) is 12.5 Å². The maximum Gasteiger partial charge on any atom is 0.297 e. The maximum absolute atomic E-state index is 14.7. The van der Waals surface area contributed by atoms with E-state index in [1.54, 1.807) is 0 Å². The lowest BCUT2D eigenvalue weighted by molar-refractivity contribution is -0.130. The van der Waals surface area contributed by atoms with Gasteiger partial charge in [0.1, 0.15) is 23.7 Å². The molecule has 3 atom stereocenters. The summed E-state index contributed by atoms with van der Waals surface area (Å²) >= 11 is 0. The molecular weight excluding hydrogens is 472 g/mol. The van der Waals surface area contributed by atoms with E-state index in [9.17, 15) is 31.1 Å². The summed E-state index contributed by atoms with van der Waals surface area (Å²) in [5, 5.41) is 2.17. The molecule has 0 unspecified atom stereocenters. The number of alkyl halides is 4. The van der Waals surface area contributed by atoms with Gasteiger partial charge in [0, 0.05) is 26.5 Å². The van der Waals surface area contributed by atoms with Crippen molar-refractivity contribution in [3.63, 3.8) is 0 Å². The van der Waals surface area contributed by atoms with E-state index in [0.717, 1.165) is 11.5 Å². The molecule has 1 aliphatic rings. The van der Waals surface area contributed by atoms with Crippen LogP contribution in [-0.4, -0.2) is 59.3 Å². The minimum absolute atomic E-state index is 0.0633. The minimum atomic E-state index is -3.18. The Hall–Kier alpha value is -2.70. The van der Waals surface area contributed by atoms with Crippen LogP contribution in [0.4, 0.5) is 26.3 Å². The highest BCUT2D eigenvalue weighted by molar-refractivity contribution is 5.80. The summed E-state index contributed by atoms with van der Waals surface area (Å²) in [5.74, 6) is -6.48. The van der Waals surface area contributed by atoms with Gasteiger partial charge in [0.2, 0.25) is 5.91 Å². The number of carbonyl (C=O) groups excluding carboxylic acids is 1. The molecule has 1 aromatic carbocycles. The highest BCUT2D eigenvalue weighted by Crippen LogP contribution is 2.34. The first-order chi connectivity index (χ1) is 15.9. The van der Waals surface area contributed by atoms with E-state index < -0.39 is 66.9 Å². The molecule has 2 aromatic rings. The predicted octanol–water partition coefficient (Wildman–Crippen LogP) is 3.97. The molecule has 0 spiro atoms. The molecule has 1 saturated heterocycles. The van der Waals surface area contributed by atoms with Crippen molar-refractivity contribution >= 4 is 16.9 Å². The number of rotatable bonds is 9. The average molecular weight is 497 g/mol. The third-order valence-electron chi connectivity index (χ3n) is 5.48. The van der Waals surface area contributed by atoms with Gasteiger partial charge in [-0.1, -0.05) is 0 Å². The highest BCUT2D eigenvalue weighted by atomic mass is 19.3. The van der Waals surface area contributed by atoms with Gasteiger partial charge in [-0.3, -0.25) is 9.36 Å². The largest absolute Gasteiger partial charge is 0.484 e. The normalized spacial score (nSPS) is 19.9. The zero-order valence-electron chi connectivity index (χ0n) is 18.7. The van der Waals surface area contributed by atoms with E-state index in [-0.39, 0.29) is 30.1 Å². The van der Waals surface area contributed by atoms with Crippen molar-refractivity contribution in [3.05, 3.63) is 17.7 Å². The average Bonchev–Trinajstić information content (AvgIpc) is 3.07. The van der Waals surface area contributed by atoms with Crippen molar-refractivity contribution < 1.29 is 45.3 Å². The molecule has 34 heavy (non-hydrogen) atoms. The summed E-state index contributed by atoms with van der Waals surface area (Å²) in [6.07, 6.45) is -4.31. The van der Waals surface area contributed by atoms with Gasteiger partial charge in [-0.25, -0.2) is 26.3 Å². The standard InChI is InChI=1S/C21H25F6N3O4/c1-10(28-11(2)31)21(26,27)7-12-4-5-13(8-32-12)34-20-29-18-14(22)6-15(33-9-16(23)24)17(25)19(18)30(20)3/h6,10,12-13,16H,4-5,7-9H2,1-3H3,(H,28,31)/t10-,12+,13-/m1/s1. The van der Waals surface area contributed by atoms with Gasteiger partial charge in [0.15, 0.2) is 17.4 Å². The molecule has 0 saturated carbocycles. The number of imidazole rings is 1. The number of aryl methyl sites for hydroxylation is 1. The number of nitrogens with one attached hydrogen (secondary N) is 1. The van der Waals surface area contributed by atoms with Crippen LogP contribution in [0.1, 0.15) is 33.1 Å². The smallest absolute Gasteiger partial charge is 0.297 e. The first-order valence-electron chi connectivity index (χ1n) is 10.6. The van der Waals surface area contributed by atoms with Crippen LogP contribution >= 0.6 is 0 Å². The fourth-order valence-electron chi connectivity index (χ4n) is 3.70. The number of nitrogens with zero attached hydrogens (tertiary/aromatic N) is 2. The Balaban J connectivity index is 1.66. The van der Waals surface area contributed by atoms with Gasteiger partial charge < -0.3 is 19.5 Å². The van der Waals surface area contributed by atoms with Gasteiger partial charge in [-0.05, 0) is 19.8 Å². The summed E-state index contributed by atoms with van der Waals surface area (Å²) in [6, 6.07) is -0.884. The van der Waals surface area contributed by atoms with Crippen molar-refractivity contribution in [2.75, 3.05) is 13.2 Å². The second-order valence-corrected chi connectivity index (χ2v) is 8.18. The Morgan fingerprint density at radius 2 is 2.06 bits per heavy atom. The quantitative estimate of drug-likeness (QED) is 0.531. The van der Waals surface area contributed by atoms with Crippen LogP contribution in [0.15, 0.2) is 6.07 Å². The lowest BCUT2D eigenvalue weighted by Crippen LogP contribution is -2.47. The zero-order valence-corrected chi connectivity index (χ0v) is 18.7. The summed E-state index contributed by atoms with van der Waals surface area (Å²) in [4.78, 5) is 15.0. The summed E-state index contributed by atoms with van der Waals surface area (Å²) < 4.78 is 99.4.